The number of nitrogens with zero attached hydrogens (tertiary/aromatic N) is 2. The number of carbonyl (C=O) groups is 1. The molecule has 0 saturated carbocycles. The number of nitrogens with one attached hydrogen (secondary N) is 1. The summed E-state index contributed by atoms with van der Waals surface area (Å²) in [5.74, 6) is 0.291. The van der Waals surface area contributed by atoms with E-state index in [0.717, 1.165) is 6.54 Å². The van der Waals surface area contributed by atoms with Crippen LogP contribution in [0.4, 0.5) is 5.95 Å². The summed E-state index contributed by atoms with van der Waals surface area (Å²) in [7, 11) is 0. The predicted molar refractivity (Wildman–Crippen MR) is 50.2 cm³/mol. The topological polar surface area (TPSA) is 72.9 Å². The molecule has 1 amide bonds. The van der Waals surface area contributed by atoms with E-state index >= 15 is 0 Å². The molecule has 1 aromatic rings. The van der Waals surface area contributed by atoms with Gasteiger partial charge in [0.25, 0.3) is 0 Å². The number of hydrogen-bond donors (Lipinski definition) is 2. The Morgan fingerprint density at radius 1 is 1.85 bits per heavy atom. The molecule has 1 aromatic heterocycles. The predicted octanol–water partition coefficient (Wildman–Crippen LogP) is 0.189. The van der Waals surface area contributed by atoms with Crippen LogP contribution in [0, 0.1) is 0 Å². The standard InChI is InChI=1S/C8H14N4O/c1-3-12-5-4-10-8(12)11-6(2)7(9)13/h4-6H,3H2,1-2H3,(H2,9,13)(H,10,11). The molecule has 13 heavy (non-hydrogen) atoms. The van der Waals surface area contributed by atoms with Crippen LogP contribution in [0.15, 0.2) is 12.4 Å². The van der Waals surface area contributed by atoms with Crippen molar-refractivity contribution >= 4 is 11.9 Å². The van der Waals surface area contributed by atoms with E-state index < -0.39 is 6.04 Å². The van der Waals surface area contributed by atoms with Crippen LogP contribution in [0.5, 0.6) is 0 Å². The second kappa shape index (κ2) is 3.93. The van der Waals surface area contributed by atoms with Gasteiger partial charge in [0, 0.05) is 18.9 Å². The molecule has 0 aliphatic rings. The van der Waals surface area contributed by atoms with Gasteiger partial charge in [0.1, 0.15) is 6.04 Å². The monoisotopic (exact) mass is 182 g/mol. The molecule has 5 heteroatoms. The second-order valence-electron chi connectivity index (χ2n) is 2.81. The highest BCUT2D eigenvalue weighted by Gasteiger charge is 2.10. The minimum atomic E-state index is -0.396. The van der Waals surface area contributed by atoms with E-state index in [9.17, 15) is 4.79 Å². The van der Waals surface area contributed by atoms with Gasteiger partial charge in [-0.25, -0.2) is 4.98 Å². The van der Waals surface area contributed by atoms with Crippen molar-refractivity contribution in [3.8, 4) is 0 Å². The number of carbonyl (C=O) groups excluding carboxylic acids is 1. The summed E-state index contributed by atoms with van der Waals surface area (Å²) in [5.41, 5.74) is 5.11. The van der Waals surface area contributed by atoms with Gasteiger partial charge in [-0.15, -0.1) is 0 Å². The Labute approximate surface area is 76.9 Å². The lowest BCUT2D eigenvalue weighted by Crippen LogP contribution is -2.33. The number of aryl methyl sites for hydroxylation is 1. The van der Waals surface area contributed by atoms with Gasteiger partial charge in [-0.05, 0) is 13.8 Å². The summed E-state index contributed by atoms with van der Waals surface area (Å²) in [6.45, 7) is 4.52. The minimum absolute atomic E-state index is 0.384. The quantitative estimate of drug-likeness (QED) is 0.698. The summed E-state index contributed by atoms with van der Waals surface area (Å²) in [5, 5.41) is 2.92. The summed E-state index contributed by atoms with van der Waals surface area (Å²) >= 11 is 0. The zero-order valence-electron chi connectivity index (χ0n) is 7.82. The number of amides is 1. The molecule has 1 atom stereocenters. The Balaban J connectivity index is 2.68. The molecular formula is C8H14N4O. The van der Waals surface area contributed by atoms with Crippen molar-refractivity contribution in [2.75, 3.05) is 5.32 Å². The molecule has 0 radical (unpaired) electrons. The van der Waals surface area contributed by atoms with Crippen molar-refractivity contribution in [2.45, 2.75) is 26.4 Å². The minimum Gasteiger partial charge on any atom is -0.368 e. The molecule has 0 aromatic carbocycles. The van der Waals surface area contributed by atoms with E-state index in [-0.39, 0.29) is 5.91 Å². The van der Waals surface area contributed by atoms with Crippen molar-refractivity contribution in [2.24, 2.45) is 5.73 Å². The lowest BCUT2D eigenvalue weighted by atomic mass is 10.3. The third-order valence-electron chi connectivity index (χ3n) is 1.83. The number of anilines is 1. The van der Waals surface area contributed by atoms with Crippen LogP contribution in [-0.4, -0.2) is 21.5 Å². The number of nitrogens with two attached hydrogens (primary N) is 1. The molecule has 72 valence electrons. The zero-order valence-corrected chi connectivity index (χ0v) is 7.82. The van der Waals surface area contributed by atoms with Crippen molar-refractivity contribution in [1.29, 1.82) is 0 Å². The molecule has 0 aliphatic carbocycles. The Morgan fingerprint density at radius 3 is 3.08 bits per heavy atom. The van der Waals surface area contributed by atoms with E-state index in [2.05, 4.69) is 10.3 Å². The first-order chi connectivity index (χ1) is 6.15. The number of rotatable bonds is 4. The fourth-order valence-electron chi connectivity index (χ4n) is 0.969. The maximum atomic E-state index is 10.7. The molecule has 0 fully saturated rings. The van der Waals surface area contributed by atoms with E-state index in [0.29, 0.717) is 5.95 Å². The van der Waals surface area contributed by atoms with Crippen LogP contribution in [-0.2, 0) is 11.3 Å². The first-order valence-corrected chi connectivity index (χ1v) is 4.22. The first-order valence-electron chi connectivity index (χ1n) is 4.22. The van der Waals surface area contributed by atoms with Crippen LogP contribution in [0.2, 0.25) is 0 Å². The Bertz CT molecular complexity index is 294. The molecule has 0 spiro atoms. The van der Waals surface area contributed by atoms with E-state index in [1.54, 1.807) is 13.1 Å². The molecule has 0 aliphatic heterocycles. The maximum absolute atomic E-state index is 10.7. The summed E-state index contributed by atoms with van der Waals surface area (Å²) in [4.78, 5) is 14.8. The average Bonchev–Trinajstić information content (AvgIpc) is 2.51. The third kappa shape index (κ3) is 2.21. The van der Waals surface area contributed by atoms with E-state index in [1.807, 2.05) is 17.7 Å². The van der Waals surface area contributed by atoms with Gasteiger partial charge in [0.15, 0.2) is 0 Å². The summed E-state index contributed by atoms with van der Waals surface area (Å²) in [6, 6.07) is -0.396. The normalized spacial score (nSPS) is 12.5. The molecule has 0 saturated heterocycles. The van der Waals surface area contributed by atoms with Gasteiger partial charge >= 0.3 is 0 Å². The van der Waals surface area contributed by atoms with Crippen LogP contribution >= 0.6 is 0 Å². The third-order valence-corrected chi connectivity index (χ3v) is 1.83. The fraction of sp³-hybridized carbons (Fsp3) is 0.500. The maximum Gasteiger partial charge on any atom is 0.239 e. The van der Waals surface area contributed by atoms with Gasteiger partial charge in [-0.1, -0.05) is 0 Å². The average molecular weight is 182 g/mol. The molecule has 1 unspecified atom stereocenters. The molecule has 0 bridgehead atoms. The summed E-state index contributed by atoms with van der Waals surface area (Å²) < 4.78 is 1.90. The van der Waals surface area contributed by atoms with Gasteiger partial charge < -0.3 is 15.6 Å². The largest absolute Gasteiger partial charge is 0.368 e. The number of aromatic nitrogens is 2. The van der Waals surface area contributed by atoms with Crippen LogP contribution in [0.3, 0.4) is 0 Å². The number of hydrogen-bond acceptors (Lipinski definition) is 3. The zero-order chi connectivity index (χ0) is 9.84. The molecular weight excluding hydrogens is 168 g/mol. The van der Waals surface area contributed by atoms with Crippen molar-refractivity contribution in [3.05, 3.63) is 12.4 Å². The Kier molecular flexibility index (Phi) is 2.89. The fourth-order valence-corrected chi connectivity index (χ4v) is 0.969. The summed E-state index contributed by atoms with van der Waals surface area (Å²) in [6.07, 6.45) is 3.52. The number of primary amides is 1. The highest BCUT2D eigenvalue weighted by Crippen LogP contribution is 2.04. The molecule has 1 rings (SSSR count). The number of imidazole rings is 1. The van der Waals surface area contributed by atoms with Crippen LogP contribution in [0.25, 0.3) is 0 Å². The van der Waals surface area contributed by atoms with Crippen molar-refractivity contribution in [3.63, 3.8) is 0 Å². The highest BCUT2D eigenvalue weighted by atomic mass is 16.1. The van der Waals surface area contributed by atoms with Crippen LogP contribution < -0.4 is 11.1 Å². The van der Waals surface area contributed by atoms with Crippen LogP contribution in [0.1, 0.15) is 13.8 Å². The Morgan fingerprint density at radius 2 is 2.54 bits per heavy atom. The highest BCUT2D eigenvalue weighted by molar-refractivity contribution is 5.81. The van der Waals surface area contributed by atoms with E-state index in [4.69, 9.17) is 5.73 Å². The lowest BCUT2D eigenvalue weighted by molar-refractivity contribution is -0.118. The SMILES string of the molecule is CCn1ccnc1NC(C)C(N)=O. The smallest absolute Gasteiger partial charge is 0.239 e. The van der Waals surface area contributed by atoms with Gasteiger partial charge in [-0.3, -0.25) is 4.79 Å². The second-order valence-corrected chi connectivity index (χ2v) is 2.81. The van der Waals surface area contributed by atoms with Gasteiger partial charge in [0.2, 0.25) is 11.9 Å². The molecule has 1 heterocycles. The van der Waals surface area contributed by atoms with Gasteiger partial charge in [0.05, 0.1) is 0 Å². The van der Waals surface area contributed by atoms with E-state index in [1.165, 1.54) is 0 Å². The van der Waals surface area contributed by atoms with Crippen molar-refractivity contribution < 1.29 is 4.79 Å². The molecule has 5 nitrogen and oxygen atoms in total. The van der Waals surface area contributed by atoms with Crippen molar-refractivity contribution in [1.82, 2.24) is 9.55 Å². The van der Waals surface area contributed by atoms with Gasteiger partial charge in [-0.2, -0.15) is 0 Å². The first kappa shape index (κ1) is 9.57. The Hall–Kier alpha value is -1.52. The lowest BCUT2D eigenvalue weighted by Gasteiger charge is -2.11. The molecule has 3 N–H and O–H groups in total.